The lowest BCUT2D eigenvalue weighted by atomic mass is 9.92. The summed E-state index contributed by atoms with van der Waals surface area (Å²) < 4.78 is 38.8. The van der Waals surface area contributed by atoms with Gasteiger partial charge in [-0.2, -0.15) is 18.3 Å². The Morgan fingerprint density at radius 3 is 2.26 bits per heavy atom. The SMILES string of the molecule is O=C(Cn1ccc(C(F)(F)F)n1)N1C2CCC1c1ccccc12. The zero-order chi connectivity index (χ0) is 16.2. The van der Waals surface area contributed by atoms with Gasteiger partial charge < -0.3 is 4.90 Å². The quantitative estimate of drug-likeness (QED) is 0.851. The third-order valence-corrected chi connectivity index (χ3v) is 4.62. The molecule has 1 aromatic heterocycles. The van der Waals surface area contributed by atoms with Gasteiger partial charge in [0.15, 0.2) is 5.69 Å². The Hall–Kier alpha value is -2.31. The van der Waals surface area contributed by atoms with Crippen LogP contribution in [0.25, 0.3) is 0 Å². The van der Waals surface area contributed by atoms with Gasteiger partial charge in [0.25, 0.3) is 0 Å². The summed E-state index contributed by atoms with van der Waals surface area (Å²) in [6.07, 6.45) is -1.48. The van der Waals surface area contributed by atoms with E-state index < -0.39 is 11.9 Å². The number of carbonyl (C=O) groups excluding carboxylic acids is 1. The first-order chi connectivity index (χ1) is 10.9. The minimum Gasteiger partial charge on any atom is -0.327 e. The Morgan fingerprint density at radius 2 is 1.74 bits per heavy atom. The fraction of sp³-hybridized carbons (Fsp3) is 0.375. The minimum absolute atomic E-state index is 0.0429. The van der Waals surface area contributed by atoms with E-state index in [-0.39, 0.29) is 24.5 Å². The molecule has 0 N–H and O–H groups in total. The maximum absolute atomic E-state index is 12.6. The van der Waals surface area contributed by atoms with Gasteiger partial charge in [-0.15, -0.1) is 0 Å². The van der Waals surface area contributed by atoms with Gasteiger partial charge in [0.05, 0.1) is 12.1 Å². The van der Waals surface area contributed by atoms with Crippen LogP contribution in [0.4, 0.5) is 13.2 Å². The number of carbonyl (C=O) groups is 1. The van der Waals surface area contributed by atoms with Crippen LogP contribution in [0.5, 0.6) is 0 Å². The van der Waals surface area contributed by atoms with Gasteiger partial charge in [-0.05, 0) is 30.0 Å². The van der Waals surface area contributed by atoms with E-state index in [0.717, 1.165) is 34.7 Å². The number of rotatable bonds is 2. The highest BCUT2D eigenvalue weighted by Gasteiger charge is 2.46. The molecule has 120 valence electrons. The average molecular weight is 321 g/mol. The molecule has 1 saturated heterocycles. The molecule has 0 aliphatic carbocycles. The smallest absolute Gasteiger partial charge is 0.327 e. The molecule has 0 radical (unpaired) electrons. The zero-order valence-corrected chi connectivity index (χ0v) is 12.1. The van der Waals surface area contributed by atoms with Gasteiger partial charge in [-0.3, -0.25) is 9.48 Å². The van der Waals surface area contributed by atoms with Gasteiger partial charge in [-0.1, -0.05) is 24.3 Å². The van der Waals surface area contributed by atoms with E-state index >= 15 is 0 Å². The minimum atomic E-state index is -4.49. The lowest BCUT2D eigenvalue weighted by Gasteiger charge is -2.22. The molecule has 1 aromatic carbocycles. The molecule has 1 amide bonds. The molecule has 4 nitrogen and oxygen atoms in total. The average Bonchev–Trinajstić information content (AvgIpc) is 3.19. The summed E-state index contributed by atoms with van der Waals surface area (Å²) in [5, 5.41) is 3.46. The number of hydrogen-bond donors (Lipinski definition) is 0. The molecule has 2 aliphatic heterocycles. The Bertz CT molecular complexity index is 737. The standard InChI is InChI=1S/C16H14F3N3O/c17-16(18,19)14-7-8-21(20-14)9-15(23)22-12-5-6-13(22)11-4-2-1-3-10(11)12/h1-4,7-8,12-13H,5-6,9H2. The van der Waals surface area contributed by atoms with Crippen LogP contribution in [0, 0.1) is 0 Å². The van der Waals surface area contributed by atoms with Gasteiger partial charge in [-0.25, -0.2) is 0 Å². The van der Waals surface area contributed by atoms with Crippen molar-refractivity contribution in [3.05, 3.63) is 53.3 Å². The second kappa shape index (κ2) is 4.84. The van der Waals surface area contributed by atoms with Crippen LogP contribution in [0.2, 0.25) is 0 Å². The van der Waals surface area contributed by atoms with E-state index in [1.165, 1.54) is 6.20 Å². The maximum Gasteiger partial charge on any atom is 0.435 e. The van der Waals surface area contributed by atoms with E-state index in [1.54, 1.807) is 4.90 Å². The normalized spacial score (nSPS) is 22.5. The van der Waals surface area contributed by atoms with Crippen molar-refractivity contribution in [2.75, 3.05) is 0 Å². The van der Waals surface area contributed by atoms with Gasteiger partial charge in [0.1, 0.15) is 6.54 Å². The summed E-state index contributed by atoms with van der Waals surface area (Å²) in [6.45, 7) is -0.170. The number of nitrogens with zero attached hydrogens (tertiary/aromatic N) is 3. The van der Waals surface area contributed by atoms with Crippen LogP contribution < -0.4 is 0 Å². The Balaban J connectivity index is 1.54. The Labute approximate surface area is 130 Å². The number of alkyl halides is 3. The van der Waals surface area contributed by atoms with Crippen LogP contribution in [-0.4, -0.2) is 20.6 Å². The number of amides is 1. The second-order valence-corrected chi connectivity index (χ2v) is 5.94. The lowest BCUT2D eigenvalue weighted by Crippen LogP contribution is -2.31. The van der Waals surface area contributed by atoms with E-state index in [2.05, 4.69) is 5.10 Å². The van der Waals surface area contributed by atoms with Crippen LogP contribution >= 0.6 is 0 Å². The maximum atomic E-state index is 12.6. The highest BCUT2D eigenvalue weighted by molar-refractivity contribution is 5.78. The molecule has 2 bridgehead atoms. The van der Waals surface area contributed by atoms with E-state index in [1.807, 2.05) is 24.3 Å². The molecule has 4 rings (SSSR count). The largest absolute Gasteiger partial charge is 0.435 e. The van der Waals surface area contributed by atoms with Crippen molar-refractivity contribution in [3.63, 3.8) is 0 Å². The van der Waals surface area contributed by atoms with Crippen molar-refractivity contribution >= 4 is 5.91 Å². The van der Waals surface area contributed by atoms with Crippen molar-refractivity contribution in [2.24, 2.45) is 0 Å². The monoisotopic (exact) mass is 321 g/mol. The van der Waals surface area contributed by atoms with Crippen molar-refractivity contribution in [3.8, 4) is 0 Å². The molecule has 0 spiro atoms. The van der Waals surface area contributed by atoms with Gasteiger partial charge >= 0.3 is 6.18 Å². The van der Waals surface area contributed by atoms with Crippen LogP contribution in [-0.2, 0) is 17.5 Å². The summed E-state index contributed by atoms with van der Waals surface area (Å²) >= 11 is 0. The highest BCUT2D eigenvalue weighted by atomic mass is 19.4. The summed E-state index contributed by atoms with van der Waals surface area (Å²) in [6, 6.07) is 8.92. The molecule has 2 aliphatic rings. The summed E-state index contributed by atoms with van der Waals surface area (Å²) in [7, 11) is 0. The lowest BCUT2D eigenvalue weighted by molar-refractivity contribution is -0.142. The molecule has 1 fully saturated rings. The van der Waals surface area contributed by atoms with Crippen molar-refractivity contribution < 1.29 is 18.0 Å². The molecule has 0 saturated carbocycles. The first-order valence-corrected chi connectivity index (χ1v) is 7.46. The molecule has 23 heavy (non-hydrogen) atoms. The van der Waals surface area contributed by atoms with E-state index in [0.29, 0.717) is 0 Å². The number of benzene rings is 1. The molecular weight excluding hydrogens is 307 g/mol. The number of fused-ring (bicyclic) bond motifs is 5. The van der Waals surface area contributed by atoms with Crippen LogP contribution in [0.15, 0.2) is 36.5 Å². The molecule has 7 heteroatoms. The molecule has 2 atom stereocenters. The van der Waals surface area contributed by atoms with Crippen LogP contribution in [0.1, 0.15) is 41.7 Å². The van der Waals surface area contributed by atoms with Gasteiger partial charge in [0.2, 0.25) is 5.91 Å². The molecule has 3 heterocycles. The Kier molecular flexibility index (Phi) is 3.01. The predicted molar refractivity (Wildman–Crippen MR) is 75.2 cm³/mol. The summed E-state index contributed by atoms with van der Waals surface area (Å²) in [5.74, 6) is -0.189. The number of aromatic nitrogens is 2. The second-order valence-electron chi connectivity index (χ2n) is 5.94. The fourth-order valence-electron chi connectivity index (χ4n) is 3.71. The zero-order valence-electron chi connectivity index (χ0n) is 12.1. The van der Waals surface area contributed by atoms with E-state index in [4.69, 9.17) is 0 Å². The highest BCUT2D eigenvalue weighted by Crippen LogP contribution is 2.52. The van der Waals surface area contributed by atoms with Crippen molar-refractivity contribution in [1.82, 2.24) is 14.7 Å². The third kappa shape index (κ3) is 2.22. The van der Waals surface area contributed by atoms with Crippen molar-refractivity contribution in [2.45, 2.75) is 37.6 Å². The number of hydrogen-bond acceptors (Lipinski definition) is 2. The van der Waals surface area contributed by atoms with E-state index in [9.17, 15) is 18.0 Å². The molecular formula is C16H14F3N3O. The van der Waals surface area contributed by atoms with Gasteiger partial charge in [0, 0.05) is 6.20 Å². The predicted octanol–water partition coefficient (Wildman–Crippen LogP) is 3.32. The first kappa shape index (κ1) is 14.3. The molecule has 2 unspecified atom stereocenters. The fourth-order valence-corrected chi connectivity index (χ4v) is 3.71. The number of halogens is 3. The topological polar surface area (TPSA) is 38.1 Å². The summed E-state index contributed by atoms with van der Waals surface area (Å²) in [5.41, 5.74) is 1.35. The first-order valence-electron chi connectivity index (χ1n) is 7.46. The van der Waals surface area contributed by atoms with Crippen molar-refractivity contribution in [1.29, 1.82) is 0 Å². The Morgan fingerprint density at radius 1 is 1.13 bits per heavy atom. The third-order valence-electron chi connectivity index (χ3n) is 4.62. The molecule has 2 aromatic rings. The van der Waals surface area contributed by atoms with Crippen LogP contribution in [0.3, 0.4) is 0 Å². The summed E-state index contributed by atoms with van der Waals surface area (Å²) in [4.78, 5) is 14.4.